The van der Waals surface area contributed by atoms with E-state index in [-0.39, 0.29) is 41.3 Å². The Bertz CT molecular complexity index is 1040. The lowest BCUT2D eigenvalue weighted by Crippen LogP contribution is -2.70. The maximum absolute atomic E-state index is 14.1. The molecular weight excluding hydrogens is 411 g/mol. The Balaban J connectivity index is 1.78. The minimum Gasteiger partial charge on any atom is -0.457 e. The fourth-order valence-electron chi connectivity index (χ4n) is 4.30. The number of halogens is 2. The zero-order valence-electron chi connectivity index (χ0n) is 16.5. The summed E-state index contributed by atoms with van der Waals surface area (Å²) in [5.41, 5.74) is -0.850. The van der Waals surface area contributed by atoms with Gasteiger partial charge in [-0.15, -0.1) is 0 Å². The van der Waals surface area contributed by atoms with E-state index in [1.54, 1.807) is 38.1 Å². The lowest BCUT2D eigenvalue weighted by molar-refractivity contribution is -0.159. The number of benzene rings is 2. The number of fused-ring (bicyclic) bond motifs is 3. The molecule has 0 N–H and O–H groups in total. The van der Waals surface area contributed by atoms with Crippen LogP contribution in [0.2, 0.25) is 5.02 Å². The van der Waals surface area contributed by atoms with Gasteiger partial charge in [-0.2, -0.15) is 0 Å². The topological polar surface area (TPSA) is 66.9 Å². The van der Waals surface area contributed by atoms with Crippen LogP contribution in [0.3, 0.4) is 0 Å². The zero-order valence-corrected chi connectivity index (χ0v) is 17.3. The van der Waals surface area contributed by atoms with Crippen molar-refractivity contribution in [3.8, 4) is 0 Å². The summed E-state index contributed by atoms with van der Waals surface area (Å²) in [6.45, 7) is 3.14. The second-order valence-electron chi connectivity index (χ2n) is 7.61. The van der Waals surface area contributed by atoms with E-state index in [0.29, 0.717) is 11.3 Å². The van der Waals surface area contributed by atoms with E-state index in [9.17, 15) is 18.8 Å². The van der Waals surface area contributed by atoms with Crippen molar-refractivity contribution in [1.29, 1.82) is 0 Å². The van der Waals surface area contributed by atoms with Gasteiger partial charge in [0.2, 0.25) is 11.6 Å². The molecule has 0 unspecified atom stereocenters. The van der Waals surface area contributed by atoms with Crippen molar-refractivity contribution in [2.45, 2.75) is 45.0 Å². The number of rotatable bonds is 4. The molecule has 0 spiro atoms. The maximum Gasteiger partial charge on any atom is 0.354 e. The van der Waals surface area contributed by atoms with E-state index in [4.69, 9.17) is 16.3 Å². The molecule has 0 radical (unpaired) electrons. The summed E-state index contributed by atoms with van der Waals surface area (Å²) in [5, 5.41) is 0.130. The minimum absolute atomic E-state index is 0.0402. The average Bonchev–Trinajstić information content (AvgIpc) is 3.05. The first-order valence-corrected chi connectivity index (χ1v) is 10.0. The van der Waals surface area contributed by atoms with Crippen molar-refractivity contribution in [3.63, 3.8) is 0 Å². The molecule has 30 heavy (non-hydrogen) atoms. The monoisotopic (exact) mass is 430 g/mol. The number of anilines is 1. The molecule has 0 aliphatic carbocycles. The summed E-state index contributed by atoms with van der Waals surface area (Å²) in [7, 11) is 0. The van der Waals surface area contributed by atoms with Gasteiger partial charge in [0.25, 0.3) is 5.91 Å². The highest BCUT2D eigenvalue weighted by atomic mass is 35.5. The molecular formula is C22H20ClFN2O4. The van der Waals surface area contributed by atoms with Crippen molar-refractivity contribution >= 4 is 35.1 Å². The van der Waals surface area contributed by atoms with Crippen LogP contribution in [0.1, 0.15) is 42.6 Å². The number of nitrogens with zero attached hydrogens (tertiary/aromatic N) is 2. The molecule has 4 rings (SSSR count). The Morgan fingerprint density at radius 1 is 1.20 bits per heavy atom. The molecule has 2 heterocycles. The first kappa shape index (κ1) is 20.3. The lowest BCUT2D eigenvalue weighted by atomic mass is 9.95. The van der Waals surface area contributed by atoms with Gasteiger partial charge in [0, 0.05) is 24.4 Å². The Morgan fingerprint density at radius 2 is 1.93 bits per heavy atom. The van der Waals surface area contributed by atoms with E-state index >= 15 is 0 Å². The fourth-order valence-corrected chi connectivity index (χ4v) is 4.51. The van der Waals surface area contributed by atoms with Gasteiger partial charge in [-0.3, -0.25) is 14.5 Å². The smallest absolute Gasteiger partial charge is 0.354 e. The zero-order chi connectivity index (χ0) is 21.6. The van der Waals surface area contributed by atoms with Crippen LogP contribution in [0.15, 0.2) is 42.5 Å². The summed E-state index contributed by atoms with van der Waals surface area (Å²) >= 11 is 6.04. The van der Waals surface area contributed by atoms with E-state index in [0.717, 1.165) is 0 Å². The fraction of sp³-hybridized carbons (Fsp3) is 0.318. The first-order valence-electron chi connectivity index (χ1n) is 9.65. The standard InChI is InChI=1S/C22H20ClFN2O4/c1-13(2)25-20(28)14-6-3-4-9-18(14)26-19(27)10-11-22(25,26)21(29)30-12-15-16(23)7-5-8-17(15)24/h3-9,13H,10-12H2,1-2H3/t22-/m1/s1. The number of carbonyl (C=O) groups excluding carboxylic acids is 3. The molecule has 2 aromatic rings. The largest absolute Gasteiger partial charge is 0.457 e. The predicted octanol–water partition coefficient (Wildman–Crippen LogP) is 3.91. The lowest BCUT2D eigenvalue weighted by Gasteiger charge is -2.50. The van der Waals surface area contributed by atoms with Crippen molar-refractivity contribution in [1.82, 2.24) is 4.90 Å². The van der Waals surface area contributed by atoms with Gasteiger partial charge in [0.1, 0.15) is 12.4 Å². The Hall–Kier alpha value is -2.93. The van der Waals surface area contributed by atoms with E-state index in [1.807, 2.05) is 0 Å². The van der Waals surface area contributed by atoms with Gasteiger partial charge in [0.05, 0.1) is 16.3 Å². The quantitative estimate of drug-likeness (QED) is 0.690. The van der Waals surface area contributed by atoms with Crippen LogP contribution in [-0.4, -0.2) is 34.4 Å². The highest BCUT2D eigenvalue weighted by Crippen LogP contribution is 2.46. The highest BCUT2D eigenvalue weighted by Gasteiger charge is 2.62. The number of hydrogen-bond acceptors (Lipinski definition) is 4. The molecule has 1 atom stereocenters. The normalized spacial score (nSPS) is 20.4. The average molecular weight is 431 g/mol. The maximum atomic E-state index is 14.1. The summed E-state index contributed by atoms with van der Waals surface area (Å²) in [6.07, 6.45) is 0.175. The molecule has 0 aromatic heterocycles. The highest BCUT2D eigenvalue weighted by molar-refractivity contribution is 6.31. The number of para-hydroxylation sites is 1. The van der Waals surface area contributed by atoms with Crippen LogP contribution in [0.25, 0.3) is 0 Å². The van der Waals surface area contributed by atoms with Crippen LogP contribution in [0.5, 0.6) is 0 Å². The molecule has 6 nitrogen and oxygen atoms in total. The molecule has 1 fully saturated rings. The van der Waals surface area contributed by atoms with E-state index in [2.05, 4.69) is 0 Å². The van der Waals surface area contributed by atoms with Crippen molar-refractivity contribution in [2.24, 2.45) is 0 Å². The number of ether oxygens (including phenoxy) is 1. The molecule has 156 valence electrons. The predicted molar refractivity (Wildman–Crippen MR) is 108 cm³/mol. The minimum atomic E-state index is -1.62. The molecule has 2 aromatic carbocycles. The molecule has 2 aliphatic rings. The van der Waals surface area contributed by atoms with Gasteiger partial charge >= 0.3 is 5.97 Å². The van der Waals surface area contributed by atoms with Crippen LogP contribution < -0.4 is 4.90 Å². The summed E-state index contributed by atoms with van der Waals surface area (Å²) in [5.74, 6) is -2.02. The third-order valence-corrected chi connectivity index (χ3v) is 5.91. The van der Waals surface area contributed by atoms with E-state index < -0.39 is 24.1 Å². The molecule has 8 heteroatoms. The summed E-state index contributed by atoms with van der Waals surface area (Å²) in [4.78, 5) is 42.3. The number of carbonyl (C=O) groups is 3. The van der Waals surface area contributed by atoms with Crippen LogP contribution in [-0.2, 0) is 20.9 Å². The summed E-state index contributed by atoms with van der Waals surface area (Å²) in [6, 6.07) is 10.5. The molecule has 2 amide bonds. The number of hydrogen-bond donors (Lipinski definition) is 0. The van der Waals surface area contributed by atoms with Gasteiger partial charge in [-0.1, -0.05) is 29.8 Å². The molecule has 1 saturated heterocycles. The second-order valence-corrected chi connectivity index (χ2v) is 8.02. The van der Waals surface area contributed by atoms with Crippen LogP contribution in [0.4, 0.5) is 10.1 Å². The van der Waals surface area contributed by atoms with Crippen molar-refractivity contribution < 1.29 is 23.5 Å². The SMILES string of the molecule is CC(C)N1C(=O)c2ccccc2N2C(=O)CC[C@]21C(=O)OCc1c(F)cccc1Cl. The Kier molecular flexibility index (Phi) is 5.02. The van der Waals surface area contributed by atoms with Gasteiger partial charge in [-0.05, 0) is 38.1 Å². The third-order valence-electron chi connectivity index (χ3n) is 5.55. The second kappa shape index (κ2) is 7.40. The third kappa shape index (κ3) is 2.88. The summed E-state index contributed by atoms with van der Waals surface area (Å²) < 4.78 is 19.6. The molecule has 0 saturated carbocycles. The molecule has 2 aliphatic heterocycles. The van der Waals surface area contributed by atoms with E-state index in [1.165, 1.54) is 28.0 Å². The first-order chi connectivity index (χ1) is 14.3. The van der Waals surface area contributed by atoms with Crippen molar-refractivity contribution in [3.05, 3.63) is 64.4 Å². The van der Waals surface area contributed by atoms with Gasteiger partial charge in [-0.25, -0.2) is 9.18 Å². The molecule has 0 bridgehead atoms. The Labute approximate surface area is 178 Å². The van der Waals surface area contributed by atoms with Crippen LogP contribution in [0, 0.1) is 5.82 Å². The number of esters is 1. The van der Waals surface area contributed by atoms with Gasteiger partial charge in [0.15, 0.2) is 0 Å². The number of amides is 2. The van der Waals surface area contributed by atoms with Crippen molar-refractivity contribution in [2.75, 3.05) is 4.90 Å². The Morgan fingerprint density at radius 3 is 2.63 bits per heavy atom. The van der Waals surface area contributed by atoms with Gasteiger partial charge < -0.3 is 9.64 Å². The van der Waals surface area contributed by atoms with Crippen LogP contribution >= 0.6 is 11.6 Å².